The third-order valence-electron chi connectivity index (χ3n) is 2.86. The number of hydrogen-bond donors (Lipinski definition) is 0. The SMILES string of the molecule is CCC(CC)CC(=O)c1ccc(Br)cc1Cl. The van der Waals surface area contributed by atoms with Gasteiger partial charge in [-0.1, -0.05) is 54.2 Å². The maximum absolute atomic E-state index is 12.0. The summed E-state index contributed by atoms with van der Waals surface area (Å²) in [6.45, 7) is 4.23. The number of Topliss-reactive ketones (excluding diaryl/α,β-unsaturated/α-hetero) is 1. The molecule has 0 N–H and O–H groups in total. The molecule has 0 aliphatic carbocycles. The Morgan fingerprint density at radius 3 is 2.50 bits per heavy atom. The molecule has 1 nitrogen and oxygen atoms in total. The fourth-order valence-electron chi connectivity index (χ4n) is 1.67. The van der Waals surface area contributed by atoms with E-state index < -0.39 is 0 Å². The normalized spacial score (nSPS) is 10.8. The molecule has 3 heteroatoms. The van der Waals surface area contributed by atoms with Gasteiger partial charge in [0.15, 0.2) is 5.78 Å². The summed E-state index contributed by atoms with van der Waals surface area (Å²) in [6.07, 6.45) is 2.67. The van der Waals surface area contributed by atoms with Gasteiger partial charge in [-0.2, -0.15) is 0 Å². The van der Waals surface area contributed by atoms with Crippen LogP contribution in [0.25, 0.3) is 0 Å². The molecule has 0 unspecified atom stereocenters. The highest BCUT2D eigenvalue weighted by Gasteiger charge is 2.14. The van der Waals surface area contributed by atoms with Crippen LogP contribution in [0.5, 0.6) is 0 Å². The second kappa shape index (κ2) is 6.41. The summed E-state index contributed by atoms with van der Waals surface area (Å²) in [7, 11) is 0. The minimum Gasteiger partial charge on any atom is -0.294 e. The third-order valence-corrected chi connectivity index (χ3v) is 3.67. The largest absolute Gasteiger partial charge is 0.294 e. The van der Waals surface area contributed by atoms with E-state index in [9.17, 15) is 4.79 Å². The van der Waals surface area contributed by atoms with E-state index in [1.165, 1.54) is 0 Å². The Labute approximate surface area is 110 Å². The van der Waals surface area contributed by atoms with Crippen LogP contribution < -0.4 is 0 Å². The second-order valence-corrected chi connectivity index (χ2v) is 5.26. The molecule has 0 atom stereocenters. The maximum atomic E-state index is 12.0. The summed E-state index contributed by atoms with van der Waals surface area (Å²) in [4.78, 5) is 12.0. The van der Waals surface area contributed by atoms with E-state index >= 15 is 0 Å². The van der Waals surface area contributed by atoms with Gasteiger partial charge in [-0.15, -0.1) is 0 Å². The average molecular weight is 304 g/mol. The Hall–Kier alpha value is -0.340. The molecule has 0 spiro atoms. The highest BCUT2D eigenvalue weighted by molar-refractivity contribution is 9.10. The van der Waals surface area contributed by atoms with Crippen molar-refractivity contribution >= 4 is 33.3 Å². The minimum absolute atomic E-state index is 0.145. The molecule has 0 bridgehead atoms. The molecule has 0 fully saturated rings. The van der Waals surface area contributed by atoms with Crippen LogP contribution in [0.2, 0.25) is 5.02 Å². The molecule has 16 heavy (non-hydrogen) atoms. The molecule has 0 saturated heterocycles. The Morgan fingerprint density at radius 1 is 1.38 bits per heavy atom. The van der Waals surface area contributed by atoms with Crippen LogP contribution in [-0.4, -0.2) is 5.78 Å². The predicted octanol–water partition coefficient (Wildman–Crippen LogP) is 5.11. The summed E-state index contributed by atoms with van der Waals surface area (Å²) in [5.74, 6) is 0.610. The zero-order valence-corrected chi connectivity index (χ0v) is 11.9. The van der Waals surface area contributed by atoms with E-state index in [1.54, 1.807) is 12.1 Å². The Morgan fingerprint density at radius 2 is 2.00 bits per heavy atom. The topological polar surface area (TPSA) is 17.1 Å². The molecule has 0 heterocycles. The van der Waals surface area contributed by atoms with E-state index in [2.05, 4.69) is 29.8 Å². The van der Waals surface area contributed by atoms with Gasteiger partial charge in [0, 0.05) is 16.5 Å². The maximum Gasteiger partial charge on any atom is 0.164 e. The van der Waals surface area contributed by atoms with Crippen molar-refractivity contribution in [1.29, 1.82) is 0 Å². The first-order valence-corrected chi connectivity index (χ1v) is 6.73. The van der Waals surface area contributed by atoms with Crippen LogP contribution in [0.3, 0.4) is 0 Å². The smallest absolute Gasteiger partial charge is 0.164 e. The molecule has 1 rings (SSSR count). The number of benzene rings is 1. The van der Waals surface area contributed by atoms with Crippen LogP contribution in [0.1, 0.15) is 43.5 Å². The first-order valence-electron chi connectivity index (χ1n) is 5.56. The first kappa shape index (κ1) is 13.7. The fourth-order valence-corrected chi connectivity index (χ4v) is 2.44. The molecule has 0 aliphatic heterocycles. The lowest BCUT2D eigenvalue weighted by atomic mass is 9.94. The molecular formula is C13H16BrClO. The predicted molar refractivity (Wildman–Crippen MR) is 72.2 cm³/mol. The lowest BCUT2D eigenvalue weighted by molar-refractivity contribution is 0.0959. The number of halogens is 2. The molecule has 0 amide bonds. The molecule has 0 radical (unpaired) electrons. The highest BCUT2D eigenvalue weighted by atomic mass is 79.9. The van der Waals surface area contributed by atoms with E-state index in [-0.39, 0.29) is 5.78 Å². The number of hydrogen-bond acceptors (Lipinski definition) is 1. The first-order chi connectivity index (χ1) is 7.58. The van der Waals surface area contributed by atoms with Gasteiger partial charge >= 0.3 is 0 Å². The molecule has 1 aromatic carbocycles. The lowest BCUT2D eigenvalue weighted by Crippen LogP contribution is -2.08. The van der Waals surface area contributed by atoms with Gasteiger partial charge in [0.1, 0.15) is 0 Å². The standard InChI is InChI=1S/C13H16BrClO/c1-3-9(4-2)7-13(16)11-6-5-10(14)8-12(11)15/h5-6,8-9H,3-4,7H2,1-2H3. The van der Waals surface area contributed by atoms with Crippen LogP contribution in [0.4, 0.5) is 0 Å². The molecule has 0 aromatic heterocycles. The molecule has 1 aromatic rings. The molecule has 0 aliphatic rings. The molecular weight excluding hydrogens is 287 g/mol. The van der Waals surface area contributed by atoms with Gasteiger partial charge in [-0.3, -0.25) is 4.79 Å². The zero-order valence-electron chi connectivity index (χ0n) is 9.59. The van der Waals surface area contributed by atoms with Gasteiger partial charge in [0.25, 0.3) is 0 Å². The Kier molecular flexibility index (Phi) is 5.50. The van der Waals surface area contributed by atoms with Gasteiger partial charge in [-0.25, -0.2) is 0 Å². The summed E-state index contributed by atoms with van der Waals surface area (Å²) in [5.41, 5.74) is 0.636. The van der Waals surface area contributed by atoms with Gasteiger partial charge in [0.2, 0.25) is 0 Å². The molecule has 88 valence electrons. The van der Waals surface area contributed by atoms with Crippen molar-refractivity contribution in [2.75, 3.05) is 0 Å². The fraction of sp³-hybridized carbons (Fsp3) is 0.462. The van der Waals surface area contributed by atoms with Crippen molar-refractivity contribution in [3.8, 4) is 0 Å². The number of ketones is 1. The van der Waals surface area contributed by atoms with Crippen LogP contribution >= 0.6 is 27.5 Å². The minimum atomic E-state index is 0.145. The lowest BCUT2D eigenvalue weighted by Gasteiger charge is -2.11. The second-order valence-electron chi connectivity index (χ2n) is 3.93. The van der Waals surface area contributed by atoms with Crippen molar-refractivity contribution in [2.24, 2.45) is 5.92 Å². The quantitative estimate of drug-likeness (QED) is 0.691. The van der Waals surface area contributed by atoms with Crippen molar-refractivity contribution in [3.63, 3.8) is 0 Å². The van der Waals surface area contributed by atoms with Crippen LogP contribution in [0, 0.1) is 5.92 Å². The zero-order chi connectivity index (χ0) is 12.1. The highest BCUT2D eigenvalue weighted by Crippen LogP contribution is 2.24. The van der Waals surface area contributed by atoms with Gasteiger partial charge < -0.3 is 0 Å². The van der Waals surface area contributed by atoms with E-state index in [0.29, 0.717) is 22.9 Å². The van der Waals surface area contributed by atoms with Crippen LogP contribution in [0.15, 0.2) is 22.7 Å². The number of carbonyl (C=O) groups excluding carboxylic acids is 1. The van der Waals surface area contributed by atoms with E-state index in [0.717, 1.165) is 17.3 Å². The number of rotatable bonds is 5. The van der Waals surface area contributed by atoms with Gasteiger partial charge in [-0.05, 0) is 24.1 Å². The Bertz CT molecular complexity index is 372. The Balaban J connectivity index is 2.80. The van der Waals surface area contributed by atoms with Gasteiger partial charge in [0.05, 0.1) is 5.02 Å². The third kappa shape index (κ3) is 3.60. The summed E-state index contributed by atoms with van der Waals surface area (Å²) in [5, 5.41) is 0.533. The van der Waals surface area contributed by atoms with Crippen molar-refractivity contribution in [2.45, 2.75) is 33.1 Å². The van der Waals surface area contributed by atoms with Crippen molar-refractivity contribution < 1.29 is 4.79 Å². The van der Waals surface area contributed by atoms with Crippen LogP contribution in [-0.2, 0) is 0 Å². The summed E-state index contributed by atoms with van der Waals surface area (Å²) >= 11 is 9.37. The average Bonchev–Trinajstić information content (AvgIpc) is 2.25. The number of carbonyl (C=O) groups is 1. The summed E-state index contributed by atoms with van der Waals surface area (Å²) < 4.78 is 0.900. The van der Waals surface area contributed by atoms with Crippen molar-refractivity contribution in [1.82, 2.24) is 0 Å². The summed E-state index contributed by atoms with van der Waals surface area (Å²) in [6, 6.07) is 5.41. The van der Waals surface area contributed by atoms with E-state index in [4.69, 9.17) is 11.6 Å². The van der Waals surface area contributed by atoms with Crippen molar-refractivity contribution in [3.05, 3.63) is 33.3 Å². The molecule has 0 saturated carbocycles. The van der Waals surface area contributed by atoms with E-state index in [1.807, 2.05) is 6.07 Å². The monoisotopic (exact) mass is 302 g/mol.